The molecule has 172 valence electrons. The quantitative estimate of drug-likeness (QED) is 0.440. The van der Waals surface area contributed by atoms with Crippen LogP contribution in [0.25, 0.3) is 16.6 Å². The summed E-state index contributed by atoms with van der Waals surface area (Å²) in [5.74, 6) is 0.255. The molecular formula is C26H31FN6. The highest BCUT2D eigenvalue weighted by atomic mass is 19.1. The molecule has 0 spiro atoms. The summed E-state index contributed by atoms with van der Waals surface area (Å²) in [4.78, 5) is 8.53. The minimum atomic E-state index is -0.164. The minimum absolute atomic E-state index is 0.164. The Balaban J connectivity index is 1.10. The summed E-state index contributed by atoms with van der Waals surface area (Å²) in [5, 5.41) is 9.10. The lowest BCUT2D eigenvalue weighted by Gasteiger charge is -2.36. The van der Waals surface area contributed by atoms with E-state index < -0.39 is 0 Å². The molecule has 0 saturated carbocycles. The smallest absolute Gasteiger partial charge is 0.123 e. The number of nitrogens with zero attached hydrogens (tertiary/aromatic N) is 5. The third-order valence-corrected chi connectivity index (χ3v) is 6.82. The predicted molar refractivity (Wildman–Crippen MR) is 129 cm³/mol. The van der Waals surface area contributed by atoms with Crippen LogP contribution in [0, 0.1) is 5.82 Å². The number of benzene rings is 2. The van der Waals surface area contributed by atoms with E-state index in [9.17, 15) is 4.39 Å². The molecule has 0 bridgehead atoms. The molecule has 0 amide bonds. The fourth-order valence-corrected chi connectivity index (χ4v) is 4.84. The van der Waals surface area contributed by atoms with Crippen LogP contribution in [0.3, 0.4) is 0 Å². The maximum atomic E-state index is 13.2. The van der Waals surface area contributed by atoms with Gasteiger partial charge in [0.2, 0.25) is 0 Å². The lowest BCUT2D eigenvalue weighted by molar-refractivity contribution is 0.127. The first-order valence-corrected chi connectivity index (χ1v) is 11.8. The van der Waals surface area contributed by atoms with Crippen molar-refractivity contribution in [1.29, 1.82) is 0 Å². The lowest BCUT2D eigenvalue weighted by Crippen LogP contribution is -2.47. The fraction of sp³-hybridized carbons (Fsp3) is 0.385. The number of aromatic amines is 1. The lowest BCUT2D eigenvalue weighted by atomic mass is 10.0. The molecule has 0 aliphatic carbocycles. The van der Waals surface area contributed by atoms with Crippen LogP contribution in [-0.2, 0) is 6.42 Å². The molecule has 1 unspecified atom stereocenters. The average Bonchev–Trinajstić information content (AvgIpc) is 3.51. The van der Waals surface area contributed by atoms with Gasteiger partial charge in [-0.1, -0.05) is 19.1 Å². The highest BCUT2D eigenvalue weighted by Crippen LogP contribution is 2.23. The Bertz CT molecular complexity index is 1160. The zero-order valence-corrected chi connectivity index (χ0v) is 19.1. The second-order valence-corrected chi connectivity index (χ2v) is 9.11. The van der Waals surface area contributed by atoms with Crippen molar-refractivity contribution in [1.82, 2.24) is 29.5 Å². The summed E-state index contributed by atoms with van der Waals surface area (Å²) in [6, 6.07) is 13.4. The summed E-state index contributed by atoms with van der Waals surface area (Å²) < 4.78 is 15.1. The number of hydrogen-bond acceptors (Lipinski definition) is 4. The van der Waals surface area contributed by atoms with E-state index in [1.54, 1.807) is 24.8 Å². The first-order valence-electron chi connectivity index (χ1n) is 11.8. The van der Waals surface area contributed by atoms with Crippen LogP contribution >= 0.6 is 0 Å². The number of halogens is 1. The van der Waals surface area contributed by atoms with E-state index in [1.807, 2.05) is 16.7 Å². The molecule has 1 aliphatic heterocycles. The first kappa shape index (κ1) is 21.8. The molecule has 2 aromatic heterocycles. The SMILES string of the molecule is CC(CN1CCN(CCCc2c[nH]c3ccc(-n4cnnc4)cc23)CC1)c1ccc(F)cc1. The highest BCUT2D eigenvalue weighted by Gasteiger charge is 2.19. The molecule has 1 atom stereocenters. The molecule has 0 radical (unpaired) electrons. The third kappa shape index (κ3) is 5.15. The van der Waals surface area contributed by atoms with E-state index >= 15 is 0 Å². The summed E-state index contributed by atoms with van der Waals surface area (Å²) in [7, 11) is 0. The van der Waals surface area contributed by atoms with Gasteiger partial charge >= 0.3 is 0 Å². The van der Waals surface area contributed by atoms with Gasteiger partial charge in [0.05, 0.1) is 0 Å². The molecular weight excluding hydrogens is 415 g/mol. The summed E-state index contributed by atoms with van der Waals surface area (Å²) in [6.45, 7) is 8.81. The number of rotatable bonds is 8. The summed E-state index contributed by atoms with van der Waals surface area (Å²) >= 11 is 0. The monoisotopic (exact) mass is 446 g/mol. The standard InChI is InChI=1S/C26H31FN6/c1-20(21-4-6-23(27)7-5-21)17-32-13-11-31(12-14-32)10-2-3-22-16-28-26-9-8-24(15-25(22)26)33-18-29-30-19-33/h4-9,15-16,18-20,28H,2-3,10-14,17H2,1H3. The predicted octanol–water partition coefficient (Wildman–Crippen LogP) is 4.24. The van der Waals surface area contributed by atoms with Gasteiger partial charge in [0.1, 0.15) is 18.5 Å². The molecule has 4 aromatic rings. The molecule has 2 aromatic carbocycles. The van der Waals surface area contributed by atoms with Gasteiger partial charge in [0.15, 0.2) is 0 Å². The Morgan fingerprint density at radius 2 is 1.70 bits per heavy atom. The van der Waals surface area contributed by atoms with Crippen LogP contribution < -0.4 is 0 Å². The molecule has 5 rings (SSSR count). The van der Waals surface area contributed by atoms with Crippen LogP contribution in [0.15, 0.2) is 61.3 Å². The molecule has 3 heterocycles. The van der Waals surface area contributed by atoms with Crippen LogP contribution in [0.1, 0.15) is 30.4 Å². The second kappa shape index (κ2) is 9.85. The van der Waals surface area contributed by atoms with Gasteiger partial charge in [0, 0.05) is 55.5 Å². The highest BCUT2D eigenvalue weighted by molar-refractivity contribution is 5.85. The largest absolute Gasteiger partial charge is 0.361 e. The van der Waals surface area contributed by atoms with E-state index in [0.29, 0.717) is 5.92 Å². The minimum Gasteiger partial charge on any atom is -0.361 e. The van der Waals surface area contributed by atoms with Gasteiger partial charge in [-0.15, -0.1) is 10.2 Å². The van der Waals surface area contributed by atoms with Crippen molar-refractivity contribution >= 4 is 10.9 Å². The van der Waals surface area contributed by atoms with Crippen molar-refractivity contribution < 1.29 is 4.39 Å². The van der Waals surface area contributed by atoms with E-state index in [2.05, 4.69) is 56.3 Å². The third-order valence-electron chi connectivity index (χ3n) is 6.82. The Hall–Kier alpha value is -3.03. The van der Waals surface area contributed by atoms with Crippen LogP contribution in [0.5, 0.6) is 0 Å². The molecule has 7 heteroatoms. The molecule has 1 fully saturated rings. The zero-order valence-electron chi connectivity index (χ0n) is 19.1. The van der Waals surface area contributed by atoms with E-state index in [0.717, 1.165) is 57.8 Å². The number of aryl methyl sites for hydroxylation is 1. The van der Waals surface area contributed by atoms with Gasteiger partial charge in [-0.05, 0) is 66.8 Å². The fourth-order valence-electron chi connectivity index (χ4n) is 4.84. The number of nitrogens with one attached hydrogen (secondary N) is 1. The molecule has 6 nitrogen and oxygen atoms in total. The molecule has 33 heavy (non-hydrogen) atoms. The van der Waals surface area contributed by atoms with Gasteiger partial charge in [0.25, 0.3) is 0 Å². The second-order valence-electron chi connectivity index (χ2n) is 9.11. The number of hydrogen-bond donors (Lipinski definition) is 1. The van der Waals surface area contributed by atoms with E-state index in [4.69, 9.17) is 0 Å². The average molecular weight is 447 g/mol. The maximum Gasteiger partial charge on any atom is 0.123 e. The Kier molecular flexibility index (Phi) is 6.51. The van der Waals surface area contributed by atoms with Crippen LogP contribution in [0.2, 0.25) is 0 Å². The molecule has 1 aliphatic rings. The topological polar surface area (TPSA) is 53.0 Å². The van der Waals surface area contributed by atoms with Gasteiger partial charge in [-0.25, -0.2) is 4.39 Å². The number of aromatic nitrogens is 4. The van der Waals surface area contributed by atoms with Crippen molar-refractivity contribution in [3.8, 4) is 5.69 Å². The normalized spacial score (nSPS) is 16.4. The molecule has 1 saturated heterocycles. The van der Waals surface area contributed by atoms with Crippen molar-refractivity contribution in [3.63, 3.8) is 0 Å². The zero-order chi connectivity index (χ0) is 22.6. The van der Waals surface area contributed by atoms with Crippen molar-refractivity contribution in [2.75, 3.05) is 39.3 Å². The van der Waals surface area contributed by atoms with Crippen molar-refractivity contribution in [2.45, 2.75) is 25.7 Å². The summed E-state index contributed by atoms with van der Waals surface area (Å²) in [5.41, 5.74) is 4.83. The van der Waals surface area contributed by atoms with E-state index in [1.165, 1.54) is 22.0 Å². The van der Waals surface area contributed by atoms with Crippen molar-refractivity contribution in [3.05, 3.63) is 78.3 Å². The van der Waals surface area contributed by atoms with Gasteiger partial charge in [-0.3, -0.25) is 4.57 Å². The van der Waals surface area contributed by atoms with Gasteiger partial charge in [-0.2, -0.15) is 0 Å². The number of H-pyrrole nitrogens is 1. The van der Waals surface area contributed by atoms with Crippen molar-refractivity contribution in [2.24, 2.45) is 0 Å². The number of piperazine rings is 1. The Morgan fingerprint density at radius 3 is 2.45 bits per heavy atom. The Morgan fingerprint density at radius 1 is 0.970 bits per heavy atom. The number of fused-ring (bicyclic) bond motifs is 1. The van der Waals surface area contributed by atoms with Crippen LogP contribution in [-0.4, -0.2) is 68.8 Å². The summed E-state index contributed by atoms with van der Waals surface area (Å²) in [6.07, 6.45) is 7.82. The van der Waals surface area contributed by atoms with Crippen LogP contribution in [0.4, 0.5) is 4.39 Å². The van der Waals surface area contributed by atoms with Gasteiger partial charge < -0.3 is 14.8 Å². The first-order chi connectivity index (χ1) is 16.2. The van der Waals surface area contributed by atoms with E-state index in [-0.39, 0.29) is 5.82 Å². The Labute approximate surface area is 194 Å². The molecule has 1 N–H and O–H groups in total. The maximum absolute atomic E-state index is 13.2.